The van der Waals surface area contributed by atoms with E-state index < -0.39 is 0 Å². The number of rotatable bonds is 8. The Bertz CT molecular complexity index is 292. The van der Waals surface area contributed by atoms with Gasteiger partial charge in [-0.15, -0.1) is 0 Å². The average molecular weight is 236 g/mol. The van der Waals surface area contributed by atoms with Crippen molar-refractivity contribution in [1.82, 2.24) is 0 Å². The summed E-state index contributed by atoms with van der Waals surface area (Å²) in [6.07, 6.45) is 2.38. The molecule has 0 aliphatic carbocycles. The van der Waals surface area contributed by atoms with Crippen molar-refractivity contribution < 1.29 is 9.47 Å². The summed E-state index contributed by atoms with van der Waals surface area (Å²) in [6.45, 7) is 8.53. The summed E-state index contributed by atoms with van der Waals surface area (Å²) in [6, 6.07) is 8.40. The van der Waals surface area contributed by atoms with Gasteiger partial charge in [-0.3, -0.25) is 0 Å². The zero-order valence-electron chi connectivity index (χ0n) is 11.2. The number of hydrogen-bond acceptors (Lipinski definition) is 2. The molecule has 0 aromatic heterocycles. The third-order valence-corrected chi connectivity index (χ3v) is 2.90. The van der Waals surface area contributed by atoms with Crippen molar-refractivity contribution in [3.63, 3.8) is 0 Å². The minimum absolute atomic E-state index is 0.624. The molecule has 96 valence electrons. The molecular weight excluding hydrogens is 212 g/mol. The van der Waals surface area contributed by atoms with Crippen LogP contribution in [0.4, 0.5) is 0 Å². The van der Waals surface area contributed by atoms with E-state index in [9.17, 15) is 0 Å². The fourth-order valence-corrected chi connectivity index (χ4v) is 1.63. The molecular formula is C15H24O2. The van der Waals surface area contributed by atoms with Crippen molar-refractivity contribution >= 4 is 0 Å². The van der Waals surface area contributed by atoms with E-state index in [1.165, 1.54) is 12.0 Å². The molecule has 0 saturated carbocycles. The summed E-state index contributed by atoms with van der Waals surface area (Å²) >= 11 is 0. The molecule has 1 unspecified atom stereocenters. The Morgan fingerprint density at radius 1 is 1.06 bits per heavy atom. The lowest BCUT2D eigenvalue weighted by Gasteiger charge is -2.10. The van der Waals surface area contributed by atoms with E-state index in [-0.39, 0.29) is 0 Å². The zero-order chi connectivity index (χ0) is 12.5. The molecule has 1 rings (SSSR count). The third kappa shape index (κ3) is 5.73. The van der Waals surface area contributed by atoms with Gasteiger partial charge in [0.15, 0.2) is 0 Å². The summed E-state index contributed by atoms with van der Waals surface area (Å²) in [4.78, 5) is 0. The van der Waals surface area contributed by atoms with Gasteiger partial charge in [-0.1, -0.05) is 32.4 Å². The van der Waals surface area contributed by atoms with E-state index in [2.05, 4.69) is 26.0 Å². The van der Waals surface area contributed by atoms with E-state index in [4.69, 9.17) is 9.47 Å². The van der Waals surface area contributed by atoms with Gasteiger partial charge in [-0.2, -0.15) is 0 Å². The van der Waals surface area contributed by atoms with Crippen LogP contribution in [-0.4, -0.2) is 19.8 Å². The molecule has 2 heteroatoms. The first kappa shape index (κ1) is 14.0. The van der Waals surface area contributed by atoms with E-state index in [1.807, 2.05) is 19.1 Å². The highest BCUT2D eigenvalue weighted by Crippen LogP contribution is 2.16. The second-order valence-corrected chi connectivity index (χ2v) is 4.41. The quantitative estimate of drug-likeness (QED) is 0.641. The van der Waals surface area contributed by atoms with Crippen LogP contribution in [0.1, 0.15) is 32.8 Å². The molecule has 0 N–H and O–H groups in total. The average Bonchev–Trinajstić information content (AvgIpc) is 2.36. The van der Waals surface area contributed by atoms with Gasteiger partial charge in [0.1, 0.15) is 12.4 Å². The lowest BCUT2D eigenvalue weighted by molar-refractivity contribution is 0.110. The summed E-state index contributed by atoms with van der Waals surface area (Å²) in [5, 5.41) is 0. The first-order valence-corrected chi connectivity index (χ1v) is 6.55. The molecule has 0 radical (unpaired) electrons. The van der Waals surface area contributed by atoms with Gasteiger partial charge in [0, 0.05) is 6.61 Å². The second kappa shape index (κ2) is 8.13. The van der Waals surface area contributed by atoms with Crippen molar-refractivity contribution in [2.24, 2.45) is 5.92 Å². The minimum Gasteiger partial charge on any atom is -0.491 e. The first-order chi connectivity index (χ1) is 8.26. The minimum atomic E-state index is 0.624. The summed E-state index contributed by atoms with van der Waals surface area (Å²) < 4.78 is 10.8. The Morgan fingerprint density at radius 3 is 2.35 bits per heavy atom. The standard InChI is InChI=1S/C15H24O2/c1-4-13(3)12-14-6-8-15(9-7-14)17-11-10-16-5-2/h6-9,13H,4-5,10-12H2,1-3H3. The van der Waals surface area contributed by atoms with Crippen LogP contribution >= 0.6 is 0 Å². The van der Waals surface area contributed by atoms with Crippen molar-refractivity contribution in [1.29, 1.82) is 0 Å². The van der Waals surface area contributed by atoms with Gasteiger partial charge in [-0.25, -0.2) is 0 Å². The first-order valence-electron chi connectivity index (χ1n) is 6.55. The number of benzene rings is 1. The zero-order valence-corrected chi connectivity index (χ0v) is 11.2. The molecule has 1 aromatic carbocycles. The fourth-order valence-electron chi connectivity index (χ4n) is 1.63. The molecule has 2 nitrogen and oxygen atoms in total. The summed E-state index contributed by atoms with van der Waals surface area (Å²) in [7, 11) is 0. The SMILES string of the molecule is CCOCCOc1ccc(CC(C)CC)cc1. The Hall–Kier alpha value is -1.02. The van der Waals surface area contributed by atoms with Crippen LogP contribution in [0.5, 0.6) is 5.75 Å². The Kier molecular flexibility index (Phi) is 6.71. The van der Waals surface area contributed by atoms with E-state index in [1.54, 1.807) is 0 Å². The number of hydrogen-bond donors (Lipinski definition) is 0. The maximum Gasteiger partial charge on any atom is 0.119 e. The van der Waals surface area contributed by atoms with Crippen LogP contribution < -0.4 is 4.74 Å². The topological polar surface area (TPSA) is 18.5 Å². The maximum absolute atomic E-state index is 5.57. The molecule has 0 fully saturated rings. The normalized spacial score (nSPS) is 12.4. The molecule has 0 aliphatic rings. The highest BCUT2D eigenvalue weighted by atomic mass is 16.5. The molecule has 0 heterocycles. The molecule has 1 atom stereocenters. The van der Waals surface area contributed by atoms with Gasteiger partial charge in [0.2, 0.25) is 0 Å². The lowest BCUT2D eigenvalue weighted by Crippen LogP contribution is -2.06. The van der Waals surface area contributed by atoms with Crippen LogP contribution in [0.25, 0.3) is 0 Å². The Balaban J connectivity index is 2.34. The molecule has 1 aromatic rings. The van der Waals surface area contributed by atoms with Crippen LogP contribution in [0, 0.1) is 5.92 Å². The van der Waals surface area contributed by atoms with Crippen LogP contribution in [0.3, 0.4) is 0 Å². The fraction of sp³-hybridized carbons (Fsp3) is 0.600. The Labute approximate surface area is 105 Å². The van der Waals surface area contributed by atoms with Gasteiger partial charge in [0.05, 0.1) is 6.61 Å². The van der Waals surface area contributed by atoms with Crippen LogP contribution in [0.15, 0.2) is 24.3 Å². The maximum atomic E-state index is 5.57. The Morgan fingerprint density at radius 2 is 1.76 bits per heavy atom. The van der Waals surface area contributed by atoms with Gasteiger partial charge >= 0.3 is 0 Å². The monoisotopic (exact) mass is 236 g/mol. The third-order valence-electron chi connectivity index (χ3n) is 2.90. The van der Waals surface area contributed by atoms with E-state index in [0.29, 0.717) is 13.2 Å². The lowest BCUT2D eigenvalue weighted by atomic mass is 9.99. The van der Waals surface area contributed by atoms with E-state index in [0.717, 1.165) is 24.7 Å². The van der Waals surface area contributed by atoms with Crippen molar-refractivity contribution in [3.8, 4) is 5.75 Å². The molecule has 0 spiro atoms. The van der Waals surface area contributed by atoms with Gasteiger partial charge in [-0.05, 0) is 37.0 Å². The second-order valence-electron chi connectivity index (χ2n) is 4.41. The number of ether oxygens (including phenoxy) is 2. The molecule has 17 heavy (non-hydrogen) atoms. The highest BCUT2D eigenvalue weighted by Gasteiger charge is 2.01. The van der Waals surface area contributed by atoms with Crippen molar-refractivity contribution in [2.75, 3.05) is 19.8 Å². The highest BCUT2D eigenvalue weighted by molar-refractivity contribution is 5.27. The predicted molar refractivity (Wildman–Crippen MR) is 71.6 cm³/mol. The molecule has 0 aliphatic heterocycles. The van der Waals surface area contributed by atoms with Crippen LogP contribution in [-0.2, 0) is 11.2 Å². The molecule has 0 bridgehead atoms. The predicted octanol–water partition coefficient (Wildman–Crippen LogP) is 3.69. The van der Waals surface area contributed by atoms with Gasteiger partial charge < -0.3 is 9.47 Å². The summed E-state index contributed by atoms with van der Waals surface area (Å²) in [5.74, 6) is 1.68. The largest absolute Gasteiger partial charge is 0.491 e. The molecule has 0 saturated heterocycles. The van der Waals surface area contributed by atoms with E-state index >= 15 is 0 Å². The molecule has 0 amide bonds. The van der Waals surface area contributed by atoms with Crippen LogP contribution in [0.2, 0.25) is 0 Å². The smallest absolute Gasteiger partial charge is 0.119 e. The van der Waals surface area contributed by atoms with Crippen molar-refractivity contribution in [2.45, 2.75) is 33.6 Å². The van der Waals surface area contributed by atoms with Crippen molar-refractivity contribution in [3.05, 3.63) is 29.8 Å². The van der Waals surface area contributed by atoms with Gasteiger partial charge in [0.25, 0.3) is 0 Å². The summed E-state index contributed by atoms with van der Waals surface area (Å²) in [5.41, 5.74) is 1.39.